The molecule has 207 valence electrons. The van der Waals surface area contributed by atoms with Crippen molar-refractivity contribution in [2.45, 2.75) is 70.2 Å². The summed E-state index contributed by atoms with van der Waals surface area (Å²) in [5.74, 6) is 1.51. The minimum atomic E-state index is -0.795. The Morgan fingerprint density at radius 1 is 1.00 bits per heavy atom. The molecular formula is C32H40NO4SSi. The summed E-state index contributed by atoms with van der Waals surface area (Å²) in [6.07, 6.45) is 3.35. The summed E-state index contributed by atoms with van der Waals surface area (Å²) in [7, 11) is -0.795. The first kappa shape index (κ1) is 29.4. The predicted molar refractivity (Wildman–Crippen MR) is 162 cm³/mol. The molecule has 5 nitrogen and oxygen atoms in total. The van der Waals surface area contributed by atoms with Crippen molar-refractivity contribution in [1.82, 2.24) is 0 Å². The predicted octanol–water partition coefficient (Wildman–Crippen LogP) is 8.26. The summed E-state index contributed by atoms with van der Waals surface area (Å²) in [4.78, 5) is 14.6. The van der Waals surface area contributed by atoms with Crippen molar-refractivity contribution in [2.75, 3.05) is 18.2 Å². The number of ether oxygens (including phenoxy) is 2. The highest BCUT2D eigenvalue weighted by Gasteiger charge is 2.29. The first-order chi connectivity index (χ1) is 18.7. The zero-order chi connectivity index (χ0) is 28.0. The van der Waals surface area contributed by atoms with Crippen LogP contribution in [0, 0.1) is 5.41 Å². The van der Waals surface area contributed by atoms with E-state index in [1.54, 1.807) is 11.8 Å². The first-order valence-electron chi connectivity index (χ1n) is 13.5. The van der Waals surface area contributed by atoms with Gasteiger partial charge in [0, 0.05) is 40.5 Å². The molecule has 7 heteroatoms. The van der Waals surface area contributed by atoms with Gasteiger partial charge in [-0.3, -0.25) is 4.79 Å². The number of rotatable bonds is 11. The largest absolute Gasteiger partial charge is 0.457 e. The summed E-state index contributed by atoms with van der Waals surface area (Å²) < 4.78 is 18.5. The Morgan fingerprint density at radius 3 is 2.23 bits per heavy atom. The van der Waals surface area contributed by atoms with Gasteiger partial charge in [0.15, 0.2) is 0 Å². The SMILES string of the molecule is CSc1cccc(COCCC(O[Si](C)C)C(C)(C)C)c1NC(=O)CC1c2ccccc2Oc2ccccc21. The minimum absolute atomic E-state index is 0.0315. The number of anilines is 1. The van der Waals surface area contributed by atoms with Gasteiger partial charge in [-0.25, -0.2) is 0 Å². The third-order valence-electron chi connectivity index (χ3n) is 6.92. The smallest absolute Gasteiger partial charge is 0.225 e. The third-order valence-corrected chi connectivity index (χ3v) is 8.46. The summed E-state index contributed by atoms with van der Waals surface area (Å²) >= 11 is 1.62. The summed E-state index contributed by atoms with van der Waals surface area (Å²) in [5, 5.41) is 3.24. The van der Waals surface area contributed by atoms with Crippen molar-refractivity contribution in [2.24, 2.45) is 5.41 Å². The molecule has 0 saturated heterocycles. The normalized spacial score (nSPS) is 13.9. The molecular weight excluding hydrogens is 523 g/mol. The van der Waals surface area contributed by atoms with E-state index in [4.69, 9.17) is 13.9 Å². The van der Waals surface area contributed by atoms with Gasteiger partial charge in [-0.15, -0.1) is 11.8 Å². The van der Waals surface area contributed by atoms with Crippen molar-refractivity contribution in [1.29, 1.82) is 0 Å². The number of thioether (sulfide) groups is 1. The Kier molecular flexibility index (Phi) is 9.94. The van der Waals surface area contributed by atoms with Crippen LogP contribution in [0.4, 0.5) is 5.69 Å². The summed E-state index contributed by atoms with van der Waals surface area (Å²) in [6.45, 7) is 12.0. The molecule has 1 radical (unpaired) electrons. The molecule has 1 amide bonds. The van der Waals surface area contributed by atoms with E-state index < -0.39 is 9.04 Å². The Bertz CT molecular complexity index is 1230. The molecule has 0 aromatic heterocycles. The van der Waals surface area contributed by atoms with Gasteiger partial charge in [0.2, 0.25) is 14.9 Å². The Morgan fingerprint density at radius 2 is 1.64 bits per heavy atom. The second kappa shape index (κ2) is 13.2. The molecule has 0 fully saturated rings. The highest BCUT2D eigenvalue weighted by Crippen LogP contribution is 2.45. The molecule has 1 atom stereocenters. The molecule has 0 spiro atoms. The fourth-order valence-electron chi connectivity index (χ4n) is 4.94. The fraction of sp³-hybridized carbons (Fsp3) is 0.406. The van der Waals surface area contributed by atoms with Gasteiger partial charge in [0.1, 0.15) is 11.5 Å². The molecule has 0 saturated carbocycles. The second-order valence-electron chi connectivity index (χ2n) is 11.2. The molecule has 3 aromatic carbocycles. The fourth-order valence-corrected chi connectivity index (χ4v) is 6.58. The van der Waals surface area contributed by atoms with Crippen molar-refractivity contribution in [3.63, 3.8) is 0 Å². The standard InChI is InChI=1S/C32H40NO4SSi/c1-32(2,3)29(37-39(5)6)18-19-35-21-22-12-11-17-28(38-4)31(22)33-30(34)20-25-23-13-7-9-15-26(23)36-27-16-10-8-14-24(25)27/h7-17,25,29H,18-21H2,1-6H3,(H,33,34). The van der Waals surface area contributed by atoms with Gasteiger partial charge in [-0.1, -0.05) is 69.3 Å². The average molecular weight is 563 g/mol. The molecule has 4 rings (SSSR count). The van der Waals surface area contributed by atoms with Gasteiger partial charge in [-0.2, -0.15) is 0 Å². The van der Waals surface area contributed by atoms with Gasteiger partial charge < -0.3 is 19.2 Å². The van der Waals surface area contributed by atoms with E-state index in [0.29, 0.717) is 19.6 Å². The van der Waals surface area contributed by atoms with Gasteiger partial charge in [-0.05, 0) is 49.4 Å². The highest BCUT2D eigenvalue weighted by atomic mass is 32.2. The van der Waals surface area contributed by atoms with Crippen LogP contribution >= 0.6 is 11.8 Å². The zero-order valence-corrected chi connectivity index (χ0v) is 25.7. The van der Waals surface area contributed by atoms with Crippen LogP contribution in [0.2, 0.25) is 13.1 Å². The van der Waals surface area contributed by atoms with Crippen LogP contribution in [-0.4, -0.2) is 33.9 Å². The average Bonchev–Trinajstić information content (AvgIpc) is 2.90. The number of para-hydroxylation sites is 3. The Labute approximate surface area is 239 Å². The topological polar surface area (TPSA) is 56.8 Å². The number of nitrogens with one attached hydrogen (secondary N) is 1. The number of hydrogen-bond donors (Lipinski definition) is 1. The van der Waals surface area contributed by atoms with Gasteiger partial charge >= 0.3 is 0 Å². The molecule has 1 aliphatic rings. The quantitative estimate of drug-likeness (QED) is 0.145. The van der Waals surface area contributed by atoms with Crippen molar-refractivity contribution >= 4 is 32.4 Å². The third kappa shape index (κ3) is 7.54. The van der Waals surface area contributed by atoms with E-state index in [0.717, 1.165) is 45.2 Å². The maximum absolute atomic E-state index is 13.5. The number of fused-ring (bicyclic) bond motifs is 2. The Hall–Kier alpha value is -2.58. The van der Waals surface area contributed by atoms with E-state index in [1.165, 1.54) is 0 Å². The lowest BCUT2D eigenvalue weighted by Gasteiger charge is -2.32. The first-order valence-corrected chi connectivity index (χ1v) is 17.2. The van der Waals surface area contributed by atoms with E-state index >= 15 is 0 Å². The van der Waals surface area contributed by atoms with Crippen molar-refractivity contribution in [3.8, 4) is 11.5 Å². The second-order valence-corrected chi connectivity index (χ2v) is 14.1. The lowest BCUT2D eigenvalue weighted by atomic mass is 9.85. The Balaban J connectivity index is 1.46. The van der Waals surface area contributed by atoms with Crippen molar-refractivity contribution in [3.05, 3.63) is 83.4 Å². The van der Waals surface area contributed by atoms with Crippen LogP contribution in [-0.2, 0) is 20.6 Å². The number of hydrogen-bond acceptors (Lipinski definition) is 5. The minimum Gasteiger partial charge on any atom is -0.457 e. The molecule has 0 aliphatic carbocycles. The van der Waals surface area contributed by atoms with Crippen LogP contribution in [0.5, 0.6) is 11.5 Å². The summed E-state index contributed by atoms with van der Waals surface area (Å²) in [6, 6.07) is 22.0. The van der Waals surface area contributed by atoms with Crippen LogP contribution < -0.4 is 10.1 Å². The van der Waals surface area contributed by atoms with E-state index in [1.807, 2.05) is 73.0 Å². The van der Waals surface area contributed by atoms with Crippen LogP contribution in [0.25, 0.3) is 0 Å². The maximum atomic E-state index is 13.5. The lowest BCUT2D eigenvalue weighted by Crippen LogP contribution is -2.34. The number of carbonyl (C=O) groups excluding carboxylic acids is 1. The van der Waals surface area contributed by atoms with E-state index in [9.17, 15) is 4.79 Å². The summed E-state index contributed by atoms with van der Waals surface area (Å²) in [5.41, 5.74) is 3.94. The molecule has 1 N–H and O–H groups in total. The van der Waals surface area contributed by atoms with Crippen molar-refractivity contribution < 1.29 is 18.7 Å². The molecule has 1 unspecified atom stereocenters. The number of carbonyl (C=O) groups is 1. The lowest BCUT2D eigenvalue weighted by molar-refractivity contribution is -0.116. The molecule has 0 bridgehead atoms. The van der Waals surface area contributed by atoms with Crippen LogP contribution in [0.3, 0.4) is 0 Å². The molecule has 1 heterocycles. The monoisotopic (exact) mass is 562 g/mol. The van der Waals surface area contributed by atoms with Crippen LogP contribution in [0.1, 0.15) is 56.2 Å². The number of benzene rings is 3. The molecule has 3 aromatic rings. The zero-order valence-electron chi connectivity index (χ0n) is 23.9. The molecule has 39 heavy (non-hydrogen) atoms. The number of amides is 1. The molecule has 1 aliphatic heterocycles. The van der Waals surface area contributed by atoms with E-state index in [-0.39, 0.29) is 23.3 Å². The van der Waals surface area contributed by atoms with E-state index in [2.05, 4.69) is 39.2 Å². The van der Waals surface area contributed by atoms with Crippen LogP contribution in [0.15, 0.2) is 71.6 Å². The van der Waals surface area contributed by atoms with Gasteiger partial charge in [0.25, 0.3) is 0 Å². The van der Waals surface area contributed by atoms with Gasteiger partial charge in [0.05, 0.1) is 18.4 Å². The maximum Gasteiger partial charge on any atom is 0.225 e. The highest BCUT2D eigenvalue weighted by molar-refractivity contribution is 7.98.